The molecule has 6 heteroatoms. The van der Waals surface area contributed by atoms with Crippen LogP contribution in [0.25, 0.3) is 0 Å². The summed E-state index contributed by atoms with van der Waals surface area (Å²) in [6.45, 7) is 3.64. The number of amides is 1. The molecular formula is C13H17F3N2O. The van der Waals surface area contributed by atoms with Gasteiger partial charge in [-0.1, -0.05) is 13.8 Å². The van der Waals surface area contributed by atoms with Gasteiger partial charge in [-0.25, -0.2) is 0 Å². The second-order valence-electron chi connectivity index (χ2n) is 4.31. The Morgan fingerprint density at radius 1 is 1.32 bits per heavy atom. The Morgan fingerprint density at radius 3 is 2.37 bits per heavy atom. The van der Waals surface area contributed by atoms with Crippen LogP contribution >= 0.6 is 0 Å². The van der Waals surface area contributed by atoms with Gasteiger partial charge >= 0.3 is 6.18 Å². The van der Waals surface area contributed by atoms with Crippen molar-refractivity contribution in [2.45, 2.75) is 32.9 Å². The van der Waals surface area contributed by atoms with Gasteiger partial charge in [0.15, 0.2) is 0 Å². The molecule has 1 rings (SSSR count). The van der Waals surface area contributed by atoms with Gasteiger partial charge in [0.05, 0.1) is 11.3 Å². The highest BCUT2D eigenvalue weighted by Gasteiger charge is 2.34. The highest BCUT2D eigenvalue weighted by molar-refractivity contribution is 5.93. The molecule has 3 N–H and O–H groups in total. The molecule has 0 aliphatic heterocycles. The number of nitrogens with two attached hydrogens (primary N) is 1. The van der Waals surface area contributed by atoms with E-state index in [-0.39, 0.29) is 17.3 Å². The number of carbonyl (C=O) groups is 1. The monoisotopic (exact) mass is 274 g/mol. The molecule has 0 aliphatic carbocycles. The van der Waals surface area contributed by atoms with Gasteiger partial charge in [0.25, 0.3) is 0 Å². The second-order valence-corrected chi connectivity index (χ2v) is 4.31. The molecule has 0 radical (unpaired) electrons. The number of halogens is 3. The Kier molecular flexibility index (Phi) is 4.80. The Hall–Kier alpha value is -1.72. The summed E-state index contributed by atoms with van der Waals surface area (Å²) in [5.41, 5.74) is 4.19. The minimum Gasteiger partial charge on any atom is -0.399 e. The van der Waals surface area contributed by atoms with E-state index in [9.17, 15) is 18.0 Å². The average molecular weight is 274 g/mol. The first-order valence-corrected chi connectivity index (χ1v) is 6.07. The third-order valence-electron chi connectivity index (χ3n) is 2.96. The molecule has 106 valence electrons. The van der Waals surface area contributed by atoms with Crippen molar-refractivity contribution < 1.29 is 18.0 Å². The van der Waals surface area contributed by atoms with Crippen LogP contribution in [0.3, 0.4) is 0 Å². The topological polar surface area (TPSA) is 55.1 Å². The summed E-state index contributed by atoms with van der Waals surface area (Å²) >= 11 is 0. The molecule has 0 aromatic heterocycles. The third-order valence-corrected chi connectivity index (χ3v) is 2.96. The first-order chi connectivity index (χ1) is 8.79. The van der Waals surface area contributed by atoms with Crippen LogP contribution in [-0.4, -0.2) is 5.91 Å². The van der Waals surface area contributed by atoms with Gasteiger partial charge < -0.3 is 11.1 Å². The standard InChI is InChI=1S/C13H17F3N2O/c1-3-8(4-2)12(19)18-11-6-5-9(17)7-10(11)13(14,15)16/h5-8H,3-4,17H2,1-2H3,(H,18,19). The van der Waals surface area contributed by atoms with Gasteiger partial charge in [0.1, 0.15) is 0 Å². The van der Waals surface area contributed by atoms with Crippen molar-refractivity contribution in [1.29, 1.82) is 0 Å². The normalized spacial score (nSPS) is 11.7. The fourth-order valence-corrected chi connectivity index (χ4v) is 1.80. The van der Waals surface area contributed by atoms with Crippen LogP contribution in [0, 0.1) is 5.92 Å². The number of benzene rings is 1. The first-order valence-electron chi connectivity index (χ1n) is 6.07. The summed E-state index contributed by atoms with van der Waals surface area (Å²) in [5, 5.41) is 2.33. The lowest BCUT2D eigenvalue weighted by Crippen LogP contribution is -2.23. The number of hydrogen-bond acceptors (Lipinski definition) is 2. The number of hydrogen-bond donors (Lipinski definition) is 2. The maximum atomic E-state index is 12.8. The van der Waals surface area contributed by atoms with E-state index in [1.165, 1.54) is 12.1 Å². The van der Waals surface area contributed by atoms with Crippen LogP contribution in [0.15, 0.2) is 18.2 Å². The number of rotatable bonds is 4. The molecule has 0 bridgehead atoms. The minimum absolute atomic E-state index is 0.00728. The van der Waals surface area contributed by atoms with E-state index in [1.54, 1.807) is 0 Å². The van der Waals surface area contributed by atoms with Crippen molar-refractivity contribution in [3.05, 3.63) is 23.8 Å². The van der Waals surface area contributed by atoms with Crippen molar-refractivity contribution in [2.24, 2.45) is 5.92 Å². The van der Waals surface area contributed by atoms with Crippen LogP contribution in [0.4, 0.5) is 24.5 Å². The Labute approximate surface area is 110 Å². The van der Waals surface area contributed by atoms with E-state index in [2.05, 4.69) is 5.32 Å². The van der Waals surface area contributed by atoms with Crippen molar-refractivity contribution in [3.63, 3.8) is 0 Å². The summed E-state index contributed by atoms with van der Waals surface area (Å²) < 4.78 is 38.5. The van der Waals surface area contributed by atoms with Crippen LogP contribution in [0.5, 0.6) is 0 Å². The molecule has 1 amide bonds. The molecule has 0 heterocycles. The van der Waals surface area contributed by atoms with Gasteiger partial charge in [-0.05, 0) is 31.0 Å². The van der Waals surface area contributed by atoms with Crippen LogP contribution in [-0.2, 0) is 11.0 Å². The molecule has 19 heavy (non-hydrogen) atoms. The van der Waals surface area contributed by atoms with Crippen molar-refractivity contribution >= 4 is 17.3 Å². The van der Waals surface area contributed by atoms with Crippen molar-refractivity contribution in [1.82, 2.24) is 0 Å². The van der Waals surface area contributed by atoms with Gasteiger partial charge in [0.2, 0.25) is 5.91 Å². The Balaban J connectivity index is 3.05. The number of anilines is 2. The zero-order chi connectivity index (χ0) is 14.6. The highest BCUT2D eigenvalue weighted by atomic mass is 19.4. The summed E-state index contributed by atoms with van der Waals surface area (Å²) in [5.74, 6) is -0.695. The van der Waals surface area contributed by atoms with E-state index in [4.69, 9.17) is 5.73 Å². The fraction of sp³-hybridized carbons (Fsp3) is 0.462. The van der Waals surface area contributed by atoms with E-state index in [1.807, 2.05) is 13.8 Å². The van der Waals surface area contributed by atoms with E-state index >= 15 is 0 Å². The third kappa shape index (κ3) is 3.87. The molecule has 1 aromatic rings. The molecule has 3 nitrogen and oxygen atoms in total. The Morgan fingerprint density at radius 2 is 1.89 bits per heavy atom. The smallest absolute Gasteiger partial charge is 0.399 e. The average Bonchev–Trinajstić information content (AvgIpc) is 2.31. The SMILES string of the molecule is CCC(CC)C(=O)Nc1ccc(N)cc1C(F)(F)F. The lowest BCUT2D eigenvalue weighted by Gasteiger charge is -2.17. The molecule has 0 saturated heterocycles. The largest absolute Gasteiger partial charge is 0.418 e. The van der Waals surface area contributed by atoms with Crippen molar-refractivity contribution in [3.8, 4) is 0 Å². The van der Waals surface area contributed by atoms with E-state index in [0.717, 1.165) is 6.07 Å². The van der Waals surface area contributed by atoms with Gasteiger partial charge in [0, 0.05) is 11.6 Å². The summed E-state index contributed by atoms with van der Waals surface area (Å²) in [4.78, 5) is 11.8. The summed E-state index contributed by atoms with van der Waals surface area (Å²) in [6, 6.07) is 3.33. The number of alkyl halides is 3. The maximum Gasteiger partial charge on any atom is 0.418 e. The summed E-state index contributed by atoms with van der Waals surface area (Å²) in [7, 11) is 0. The first kappa shape index (κ1) is 15.3. The molecule has 0 spiro atoms. The van der Waals surface area contributed by atoms with Crippen molar-refractivity contribution in [2.75, 3.05) is 11.1 Å². The van der Waals surface area contributed by atoms with E-state index < -0.39 is 17.6 Å². The zero-order valence-corrected chi connectivity index (χ0v) is 10.8. The molecule has 1 aromatic carbocycles. The lowest BCUT2D eigenvalue weighted by atomic mass is 10.0. The molecule has 0 unspecified atom stereocenters. The predicted molar refractivity (Wildman–Crippen MR) is 68.6 cm³/mol. The molecule has 0 fully saturated rings. The second kappa shape index (κ2) is 5.95. The molecular weight excluding hydrogens is 257 g/mol. The zero-order valence-electron chi connectivity index (χ0n) is 10.8. The summed E-state index contributed by atoms with van der Waals surface area (Å²) in [6.07, 6.45) is -3.39. The molecule has 0 aliphatic rings. The molecule has 0 saturated carbocycles. The van der Waals surface area contributed by atoms with Crippen LogP contribution in [0.2, 0.25) is 0 Å². The maximum absolute atomic E-state index is 12.8. The predicted octanol–water partition coefficient (Wildman–Crippen LogP) is 3.66. The van der Waals surface area contributed by atoms with Gasteiger partial charge in [-0.3, -0.25) is 4.79 Å². The minimum atomic E-state index is -4.55. The fourth-order valence-electron chi connectivity index (χ4n) is 1.80. The Bertz CT molecular complexity index is 454. The quantitative estimate of drug-likeness (QED) is 0.823. The van der Waals surface area contributed by atoms with Gasteiger partial charge in [-0.2, -0.15) is 13.2 Å². The molecule has 0 atom stereocenters. The van der Waals surface area contributed by atoms with E-state index in [0.29, 0.717) is 12.8 Å². The van der Waals surface area contributed by atoms with Gasteiger partial charge in [-0.15, -0.1) is 0 Å². The van der Waals surface area contributed by atoms with Crippen LogP contribution in [0.1, 0.15) is 32.3 Å². The number of nitrogen functional groups attached to an aromatic ring is 1. The van der Waals surface area contributed by atoms with Crippen LogP contribution < -0.4 is 11.1 Å². The highest BCUT2D eigenvalue weighted by Crippen LogP contribution is 2.36. The lowest BCUT2D eigenvalue weighted by molar-refractivity contribution is -0.137. The number of carbonyl (C=O) groups excluding carboxylic acids is 1. The number of nitrogens with one attached hydrogen (secondary N) is 1.